The molecule has 2 amide bonds. The lowest BCUT2D eigenvalue weighted by Crippen LogP contribution is -2.34. The first kappa shape index (κ1) is 22.1. The minimum absolute atomic E-state index is 0.235. The lowest BCUT2D eigenvalue weighted by Gasteiger charge is -2.33. The Morgan fingerprint density at radius 1 is 1.12 bits per heavy atom. The summed E-state index contributed by atoms with van der Waals surface area (Å²) in [6.07, 6.45) is 4.25. The average molecular weight is 437 g/mol. The zero-order valence-corrected chi connectivity index (χ0v) is 18.8. The van der Waals surface area contributed by atoms with Crippen molar-refractivity contribution < 1.29 is 14.3 Å². The summed E-state index contributed by atoms with van der Waals surface area (Å²) in [5.74, 6) is 2.24. The Hall–Kier alpha value is -3.06. The second-order valence-corrected chi connectivity index (χ2v) is 8.68. The number of carbonyl (C=O) groups is 1. The number of likely N-dealkylation sites (tertiary alicyclic amines) is 1. The predicted molar refractivity (Wildman–Crippen MR) is 125 cm³/mol. The number of rotatable bonds is 7. The number of fused-ring (bicyclic) bond motifs is 1. The SMILES string of the molecule is COc1cc2c(cc1OC)/C(=N/NC(N)=O)C(CC1CCN(Cc3ccccc3)CC1)C2. The maximum absolute atomic E-state index is 11.3. The van der Waals surface area contributed by atoms with Gasteiger partial charge in [-0.05, 0) is 68.0 Å². The van der Waals surface area contributed by atoms with Gasteiger partial charge in [-0.15, -0.1) is 0 Å². The normalized spacial score (nSPS) is 20.2. The summed E-state index contributed by atoms with van der Waals surface area (Å²) in [7, 11) is 3.27. The van der Waals surface area contributed by atoms with Crippen LogP contribution in [0.4, 0.5) is 4.79 Å². The van der Waals surface area contributed by atoms with Crippen molar-refractivity contribution >= 4 is 11.7 Å². The molecule has 2 aromatic rings. The monoisotopic (exact) mass is 436 g/mol. The van der Waals surface area contributed by atoms with Gasteiger partial charge in [-0.1, -0.05) is 30.3 Å². The first-order valence-electron chi connectivity index (χ1n) is 11.2. The van der Waals surface area contributed by atoms with Crippen LogP contribution < -0.4 is 20.6 Å². The highest BCUT2D eigenvalue weighted by Crippen LogP contribution is 2.40. The molecule has 7 nitrogen and oxygen atoms in total. The topological polar surface area (TPSA) is 89.2 Å². The quantitative estimate of drug-likeness (QED) is 0.650. The molecule has 170 valence electrons. The standard InChI is InChI=1S/C25H32N4O3/c1-31-22-14-19-13-20(24(27-28-25(26)30)21(19)15-23(22)32-2)12-17-8-10-29(11-9-17)16-18-6-4-3-5-7-18/h3-7,14-15,17,20H,8-13,16H2,1-2H3,(H3,26,28,30)/b27-24+. The molecule has 0 bridgehead atoms. The minimum Gasteiger partial charge on any atom is -0.493 e. The molecule has 1 saturated heterocycles. The Kier molecular flexibility index (Phi) is 6.95. The number of nitrogens with one attached hydrogen (secondary N) is 1. The highest BCUT2D eigenvalue weighted by Gasteiger charge is 2.33. The molecular formula is C25H32N4O3. The van der Waals surface area contributed by atoms with Crippen LogP contribution in [-0.2, 0) is 13.0 Å². The maximum Gasteiger partial charge on any atom is 0.332 e. The fourth-order valence-corrected chi connectivity index (χ4v) is 5.00. The van der Waals surface area contributed by atoms with E-state index in [2.05, 4.69) is 45.8 Å². The Labute approximate surface area is 189 Å². The Morgan fingerprint density at radius 2 is 1.81 bits per heavy atom. The summed E-state index contributed by atoms with van der Waals surface area (Å²) in [4.78, 5) is 13.9. The highest BCUT2D eigenvalue weighted by atomic mass is 16.5. The third kappa shape index (κ3) is 5.05. The lowest BCUT2D eigenvalue weighted by molar-refractivity contribution is 0.167. The van der Waals surface area contributed by atoms with Crippen molar-refractivity contribution in [1.29, 1.82) is 0 Å². The zero-order valence-electron chi connectivity index (χ0n) is 18.8. The number of urea groups is 1. The van der Waals surface area contributed by atoms with Gasteiger partial charge in [0.15, 0.2) is 11.5 Å². The van der Waals surface area contributed by atoms with E-state index in [9.17, 15) is 4.79 Å². The molecule has 1 fully saturated rings. The first-order chi connectivity index (χ1) is 15.6. The highest BCUT2D eigenvalue weighted by molar-refractivity contribution is 6.07. The number of benzene rings is 2. The number of hydrazone groups is 1. The van der Waals surface area contributed by atoms with E-state index in [1.54, 1.807) is 14.2 Å². The summed E-state index contributed by atoms with van der Waals surface area (Å²) >= 11 is 0. The van der Waals surface area contributed by atoms with Crippen molar-refractivity contribution in [2.75, 3.05) is 27.3 Å². The van der Waals surface area contributed by atoms with Crippen molar-refractivity contribution in [3.63, 3.8) is 0 Å². The summed E-state index contributed by atoms with van der Waals surface area (Å²) in [6.45, 7) is 3.22. The smallest absolute Gasteiger partial charge is 0.332 e. The molecule has 0 spiro atoms. The van der Waals surface area contributed by atoms with E-state index in [4.69, 9.17) is 15.2 Å². The molecule has 32 heavy (non-hydrogen) atoms. The fraction of sp³-hybridized carbons (Fsp3) is 0.440. The third-order valence-electron chi connectivity index (χ3n) is 6.60. The van der Waals surface area contributed by atoms with Crippen molar-refractivity contribution in [3.8, 4) is 11.5 Å². The Bertz CT molecular complexity index is 969. The molecule has 2 aliphatic rings. The summed E-state index contributed by atoms with van der Waals surface area (Å²) in [5.41, 5.74) is 12.2. The van der Waals surface area contributed by atoms with Crippen LogP contribution in [-0.4, -0.2) is 44.0 Å². The molecule has 1 aliphatic carbocycles. The number of hydrogen-bond donors (Lipinski definition) is 2. The van der Waals surface area contributed by atoms with Gasteiger partial charge in [-0.3, -0.25) is 4.90 Å². The minimum atomic E-state index is -0.653. The van der Waals surface area contributed by atoms with E-state index < -0.39 is 6.03 Å². The zero-order chi connectivity index (χ0) is 22.5. The number of methoxy groups -OCH3 is 2. The van der Waals surface area contributed by atoms with Crippen molar-refractivity contribution in [1.82, 2.24) is 10.3 Å². The predicted octanol–water partition coefficient (Wildman–Crippen LogP) is 3.55. The molecule has 2 aromatic carbocycles. The van der Waals surface area contributed by atoms with Gasteiger partial charge in [0.2, 0.25) is 0 Å². The molecule has 1 atom stereocenters. The summed E-state index contributed by atoms with van der Waals surface area (Å²) < 4.78 is 11.0. The number of nitrogens with two attached hydrogens (primary N) is 1. The van der Waals surface area contributed by atoms with E-state index in [0.29, 0.717) is 17.4 Å². The second kappa shape index (κ2) is 10.0. The number of piperidine rings is 1. The third-order valence-corrected chi connectivity index (χ3v) is 6.60. The molecular weight excluding hydrogens is 404 g/mol. The lowest BCUT2D eigenvalue weighted by atomic mass is 9.85. The Balaban J connectivity index is 1.44. The number of nitrogens with zero attached hydrogens (tertiary/aromatic N) is 2. The van der Waals surface area contributed by atoms with E-state index in [1.807, 2.05) is 12.1 Å². The molecule has 1 aliphatic heterocycles. The van der Waals surface area contributed by atoms with Crippen LogP contribution in [0.2, 0.25) is 0 Å². The molecule has 1 heterocycles. The molecule has 0 aromatic heterocycles. The first-order valence-corrected chi connectivity index (χ1v) is 11.2. The number of hydrogen-bond acceptors (Lipinski definition) is 5. The molecule has 0 saturated carbocycles. The second-order valence-electron chi connectivity index (χ2n) is 8.68. The summed E-state index contributed by atoms with van der Waals surface area (Å²) in [5, 5.41) is 4.40. The van der Waals surface area contributed by atoms with Crippen LogP contribution >= 0.6 is 0 Å². The van der Waals surface area contributed by atoms with E-state index in [0.717, 1.165) is 43.8 Å². The van der Waals surface area contributed by atoms with Crippen molar-refractivity contribution in [2.24, 2.45) is 22.7 Å². The fourth-order valence-electron chi connectivity index (χ4n) is 5.00. The van der Waals surface area contributed by atoms with Crippen LogP contribution in [0.1, 0.15) is 36.0 Å². The van der Waals surface area contributed by atoms with Crippen LogP contribution in [0.15, 0.2) is 47.6 Å². The molecule has 7 heteroatoms. The number of amides is 2. The van der Waals surface area contributed by atoms with Crippen molar-refractivity contribution in [3.05, 3.63) is 59.2 Å². The maximum atomic E-state index is 11.3. The largest absolute Gasteiger partial charge is 0.493 e. The molecule has 1 unspecified atom stereocenters. The van der Waals surface area contributed by atoms with Gasteiger partial charge in [-0.25, -0.2) is 10.2 Å². The number of carbonyl (C=O) groups excluding carboxylic acids is 1. The molecule has 4 rings (SSSR count). The van der Waals surface area contributed by atoms with Gasteiger partial charge in [0.05, 0.1) is 19.9 Å². The van der Waals surface area contributed by atoms with E-state index >= 15 is 0 Å². The van der Waals surface area contributed by atoms with Gasteiger partial charge >= 0.3 is 6.03 Å². The van der Waals surface area contributed by atoms with Crippen LogP contribution in [0.3, 0.4) is 0 Å². The molecule has 3 N–H and O–H groups in total. The number of ether oxygens (including phenoxy) is 2. The van der Waals surface area contributed by atoms with Crippen molar-refractivity contribution in [2.45, 2.75) is 32.2 Å². The van der Waals surface area contributed by atoms with E-state index in [1.165, 1.54) is 24.0 Å². The van der Waals surface area contributed by atoms with Crippen LogP contribution in [0.5, 0.6) is 11.5 Å². The van der Waals surface area contributed by atoms with Gasteiger partial charge in [0.25, 0.3) is 0 Å². The van der Waals surface area contributed by atoms with Crippen LogP contribution in [0.25, 0.3) is 0 Å². The van der Waals surface area contributed by atoms with Gasteiger partial charge in [-0.2, -0.15) is 5.10 Å². The molecule has 0 radical (unpaired) electrons. The summed E-state index contributed by atoms with van der Waals surface area (Å²) in [6, 6.07) is 14.0. The van der Waals surface area contributed by atoms with E-state index in [-0.39, 0.29) is 5.92 Å². The Morgan fingerprint density at radius 3 is 2.47 bits per heavy atom. The average Bonchev–Trinajstić information content (AvgIpc) is 3.14. The van der Waals surface area contributed by atoms with Crippen LogP contribution in [0, 0.1) is 11.8 Å². The number of primary amides is 1. The van der Waals surface area contributed by atoms with Gasteiger partial charge < -0.3 is 15.2 Å². The van der Waals surface area contributed by atoms with Gasteiger partial charge in [0.1, 0.15) is 0 Å². The van der Waals surface area contributed by atoms with Gasteiger partial charge in [0, 0.05) is 18.0 Å².